The van der Waals surface area contributed by atoms with Crippen molar-refractivity contribution in [2.24, 2.45) is 0 Å². The number of aliphatic hydroxyl groups is 1. The van der Waals surface area contributed by atoms with Crippen LogP contribution in [-0.4, -0.2) is 29.9 Å². The summed E-state index contributed by atoms with van der Waals surface area (Å²) in [5, 5.41) is 11.0. The molecule has 1 atom stereocenters. The summed E-state index contributed by atoms with van der Waals surface area (Å²) in [5.74, 6) is 0.177. The van der Waals surface area contributed by atoms with E-state index in [2.05, 4.69) is 0 Å². The minimum absolute atomic E-state index is 0.210. The molecule has 0 aromatic heterocycles. The van der Waals surface area contributed by atoms with Gasteiger partial charge in [0.25, 0.3) is 5.91 Å². The molecule has 0 unspecified atom stereocenters. The maximum Gasteiger partial charge on any atom is 0.264 e. The fraction of sp³-hybridized carbons (Fsp3) is 0.364. The molecule has 1 amide bonds. The standard InChI is InChI=1S/C22H25NO4/c1-15-8-4-5-11-19(15)27-13-7-12-23-20-16(2)9-6-10-18(20)22(26,21(23)25)14-17(3)24/h4-6,8-11,26H,7,12-14H2,1-3H3/t22-/m0/s1. The van der Waals surface area contributed by atoms with Crippen molar-refractivity contribution < 1.29 is 19.4 Å². The molecule has 0 saturated carbocycles. The van der Waals surface area contributed by atoms with Crippen molar-refractivity contribution in [1.29, 1.82) is 0 Å². The summed E-state index contributed by atoms with van der Waals surface area (Å²) < 4.78 is 5.81. The van der Waals surface area contributed by atoms with Gasteiger partial charge in [-0.3, -0.25) is 9.59 Å². The Bertz CT molecular complexity index is 876. The normalized spacial score (nSPS) is 18.5. The van der Waals surface area contributed by atoms with Crippen molar-refractivity contribution in [3.8, 4) is 5.75 Å². The minimum atomic E-state index is -1.77. The van der Waals surface area contributed by atoms with Crippen LogP contribution >= 0.6 is 0 Å². The van der Waals surface area contributed by atoms with E-state index in [4.69, 9.17) is 4.74 Å². The number of carbonyl (C=O) groups is 2. The molecule has 2 aromatic rings. The molecule has 3 rings (SSSR count). The van der Waals surface area contributed by atoms with Gasteiger partial charge < -0.3 is 14.7 Å². The molecule has 1 aliphatic heterocycles. The third-order valence-corrected chi connectivity index (χ3v) is 4.93. The van der Waals surface area contributed by atoms with Gasteiger partial charge in [-0.25, -0.2) is 0 Å². The molecule has 1 aliphatic rings. The second-order valence-corrected chi connectivity index (χ2v) is 7.13. The summed E-state index contributed by atoms with van der Waals surface area (Å²) in [5.41, 5.74) is 1.42. The Labute approximate surface area is 159 Å². The molecule has 0 spiro atoms. The van der Waals surface area contributed by atoms with Gasteiger partial charge >= 0.3 is 0 Å². The predicted octanol–water partition coefficient (Wildman–Crippen LogP) is 3.29. The molecular formula is C22H25NO4. The zero-order valence-corrected chi connectivity index (χ0v) is 16.0. The number of rotatable bonds is 7. The number of hydrogen-bond donors (Lipinski definition) is 1. The van der Waals surface area contributed by atoms with Crippen LogP contribution in [0.25, 0.3) is 0 Å². The largest absolute Gasteiger partial charge is 0.493 e. The average molecular weight is 367 g/mol. The lowest BCUT2D eigenvalue weighted by molar-refractivity contribution is -0.141. The van der Waals surface area contributed by atoms with Crippen molar-refractivity contribution in [2.45, 2.75) is 39.2 Å². The first-order valence-corrected chi connectivity index (χ1v) is 9.17. The molecule has 0 bridgehead atoms. The first-order chi connectivity index (χ1) is 12.8. The molecule has 0 aliphatic carbocycles. The van der Waals surface area contributed by atoms with E-state index in [-0.39, 0.29) is 12.2 Å². The van der Waals surface area contributed by atoms with Gasteiger partial charge in [0.1, 0.15) is 11.5 Å². The third-order valence-electron chi connectivity index (χ3n) is 4.93. The Balaban J connectivity index is 1.75. The van der Waals surface area contributed by atoms with E-state index in [1.807, 2.05) is 44.2 Å². The van der Waals surface area contributed by atoms with Crippen LogP contribution in [0, 0.1) is 13.8 Å². The number of anilines is 1. The second kappa shape index (κ2) is 7.53. The van der Waals surface area contributed by atoms with Crippen LogP contribution in [0.2, 0.25) is 0 Å². The van der Waals surface area contributed by atoms with Gasteiger partial charge in [-0.1, -0.05) is 36.4 Å². The number of hydrogen-bond acceptors (Lipinski definition) is 4. The Morgan fingerprint density at radius 3 is 2.52 bits per heavy atom. The molecule has 0 radical (unpaired) electrons. The fourth-order valence-electron chi connectivity index (χ4n) is 3.66. The van der Waals surface area contributed by atoms with Crippen LogP contribution in [0.15, 0.2) is 42.5 Å². The predicted molar refractivity (Wildman–Crippen MR) is 104 cm³/mol. The Morgan fingerprint density at radius 2 is 1.81 bits per heavy atom. The van der Waals surface area contributed by atoms with E-state index in [9.17, 15) is 14.7 Å². The number of fused-ring (bicyclic) bond motifs is 1. The van der Waals surface area contributed by atoms with Gasteiger partial charge in [-0.15, -0.1) is 0 Å². The van der Waals surface area contributed by atoms with Crippen LogP contribution in [0.3, 0.4) is 0 Å². The zero-order chi connectivity index (χ0) is 19.6. The van der Waals surface area contributed by atoms with E-state index < -0.39 is 11.5 Å². The number of aryl methyl sites for hydroxylation is 2. The number of benzene rings is 2. The number of amides is 1. The first kappa shape index (κ1) is 19.1. The van der Waals surface area contributed by atoms with Crippen molar-refractivity contribution in [1.82, 2.24) is 0 Å². The molecule has 27 heavy (non-hydrogen) atoms. The summed E-state index contributed by atoms with van der Waals surface area (Å²) in [7, 11) is 0. The lowest BCUT2D eigenvalue weighted by Crippen LogP contribution is -2.42. The van der Waals surface area contributed by atoms with Crippen molar-refractivity contribution in [2.75, 3.05) is 18.1 Å². The summed E-state index contributed by atoms with van der Waals surface area (Å²) in [6.07, 6.45) is 0.405. The van der Waals surface area contributed by atoms with Gasteiger partial charge in [-0.05, 0) is 44.4 Å². The van der Waals surface area contributed by atoms with Crippen molar-refractivity contribution >= 4 is 17.4 Å². The van der Waals surface area contributed by atoms with Gasteiger partial charge in [0.05, 0.1) is 12.3 Å². The van der Waals surface area contributed by atoms with Gasteiger partial charge in [-0.2, -0.15) is 0 Å². The molecule has 2 aromatic carbocycles. The van der Waals surface area contributed by atoms with Crippen LogP contribution < -0.4 is 9.64 Å². The monoisotopic (exact) mass is 367 g/mol. The van der Waals surface area contributed by atoms with E-state index in [0.717, 1.165) is 16.9 Å². The number of ketones is 1. The topological polar surface area (TPSA) is 66.8 Å². The van der Waals surface area contributed by atoms with Gasteiger partial charge in [0.15, 0.2) is 5.60 Å². The summed E-state index contributed by atoms with van der Waals surface area (Å²) >= 11 is 0. The Kier molecular flexibility index (Phi) is 5.33. The van der Waals surface area contributed by atoms with E-state index in [0.29, 0.717) is 30.8 Å². The first-order valence-electron chi connectivity index (χ1n) is 9.17. The molecule has 5 nitrogen and oxygen atoms in total. The second-order valence-electron chi connectivity index (χ2n) is 7.13. The lowest BCUT2D eigenvalue weighted by Gasteiger charge is -2.22. The molecule has 1 heterocycles. The van der Waals surface area contributed by atoms with E-state index in [1.165, 1.54) is 6.92 Å². The van der Waals surface area contributed by atoms with Crippen LogP contribution in [0.5, 0.6) is 5.75 Å². The highest BCUT2D eigenvalue weighted by Crippen LogP contribution is 2.44. The third kappa shape index (κ3) is 3.60. The van der Waals surface area contributed by atoms with Crippen LogP contribution in [0.4, 0.5) is 5.69 Å². The Morgan fingerprint density at radius 1 is 1.11 bits per heavy atom. The summed E-state index contributed by atoms with van der Waals surface area (Å²) in [6.45, 7) is 6.16. The van der Waals surface area contributed by atoms with Crippen molar-refractivity contribution in [3.63, 3.8) is 0 Å². The van der Waals surface area contributed by atoms with Crippen LogP contribution in [-0.2, 0) is 15.2 Å². The number of nitrogens with zero attached hydrogens (tertiary/aromatic N) is 1. The molecule has 1 N–H and O–H groups in total. The zero-order valence-electron chi connectivity index (χ0n) is 16.0. The smallest absolute Gasteiger partial charge is 0.264 e. The molecule has 142 valence electrons. The van der Waals surface area contributed by atoms with Crippen molar-refractivity contribution in [3.05, 3.63) is 59.2 Å². The maximum atomic E-state index is 13.0. The molecule has 0 fully saturated rings. The van der Waals surface area contributed by atoms with Gasteiger partial charge in [0.2, 0.25) is 0 Å². The quantitative estimate of drug-likeness (QED) is 0.763. The number of para-hydroxylation sites is 2. The lowest BCUT2D eigenvalue weighted by atomic mass is 9.89. The highest BCUT2D eigenvalue weighted by Gasteiger charge is 2.50. The highest BCUT2D eigenvalue weighted by atomic mass is 16.5. The van der Waals surface area contributed by atoms with Gasteiger partial charge in [0, 0.05) is 18.5 Å². The number of carbonyl (C=O) groups excluding carboxylic acids is 2. The number of ether oxygens (including phenoxy) is 1. The molecule has 5 heteroatoms. The van der Waals surface area contributed by atoms with E-state index >= 15 is 0 Å². The summed E-state index contributed by atoms with van der Waals surface area (Å²) in [6, 6.07) is 13.2. The summed E-state index contributed by atoms with van der Waals surface area (Å²) in [4.78, 5) is 26.2. The van der Waals surface area contributed by atoms with Crippen LogP contribution in [0.1, 0.15) is 36.5 Å². The molecular weight excluding hydrogens is 342 g/mol. The average Bonchev–Trinajstić information content (AvgIpc) is 2.82. The van der Waals surface area contributed by atoms with E-state index in [1.54, 1.807) is 17.0 Å². The maximum absolute atomic E-state index is 13.0. The fourth-order valence-corrected chi connectivity index (χ4v) is 3.66. The number of Topliss-reactive ketones (excluding diaryl/α,β-unsaturated/α-hetero) is 1. The SMILES string of the molecule is CC(=O)C[C@@]1(O)C(=O)N(CCCOc2ccccc2C)c2c(C)cccc21. The molecule has 0 saturated heterocycles. The minimum Gasteiger partial charge on any atom is -0.493 e. The Hall–Kier alpha value is -2.66. The highest BCUT2D eigenvalue weighted by molar-refractivity contribution is 6.09.